The van der Waals surface area contributed by atoms with Gasteiger partial charge in [-0.05, 0) is 17.7 Å². The Morgan fingerprint density at radius 3 is 1.55 bits per heavy atom. The topological polar surface area (TPSA) is 29.5 Å². The summed E-state index contributed by atoms with van der Waals surface area (Å²) in [6, 6.07) is 3.53. The van der Waals surface area contributed by atoms with Gasteiger partial charge in [-0.15, -0.1) is 0 Å². The highest BCUT2D eigenvalue weighted by Crippen LogP contribution is 2.63. The van der Waals surface area contributed by atoms with Gasteiger partial charge in [0.2, 0.25) is 0 Å². The first kappa shape index (κ1) is 29.0. The monoisotopic (exact) mass is 520 g/mol. The summed E-state index contributed by atoms with van der Waals surface area (Å²) in [7, 11) is 1.01. The molecule has 0 aliphatic heterocycles. The Kier molecular flexibility index (Phi) is 7.29. The molecule has 1 aromatic carbocycles. The molecule has 0 aromatic heterocycles. The standard InChI is InChI=1S/C16H11F15O2/c1-33-8-4-2-3-7(5-8)9(32)6-10(17,18)11(19,20)12(21,22)13(23,24)14(25,26)15(27,28)16(29,30)31/h2-5,9,32H,6H2,1H3. The molecule has 0 aliphatic carbocycles. The first-order chi connectivity index (χ1) is 14.4. The van der Waals surface area contributed by atoms with E-state index in [2.05, 4.69) is 4.74 Å². The van der Waals surface area contributed by atoms with E-state index in [1.165, 1.54) is 0 Å². The molecule has 33 heavy (non-hydrogen) atoms. The smallest absolute Gasteiger partial charge is 0.460 e. The van der Waals surface area contributed by atoms with Crippen molar-refractivity contribution in [3.63, 3.8) is 0 Å². The molecule has 1 rings (SSSR count). The van der Waals surface area contributed by atoms with E-state index in [0.717, 1.165) is 25.3 Å². The van der Waals surface area contributed by atoms with Crippen LogP contribution in [0.25, 0.3) is 0 Å². The van der Waals surface area contributed by atoms with Crippen LogP contribution in [0.3, 0.4) is 0 Å². The first-order valence-corrected chi connectivity index (χ1v) is 8.08. The summed E-state index contributed by atoms with van der Waals surface area (Å²) in [5.74, 6) is -47.2. The highest BCUT2D eigenvalue weighted by atomic mass is 19.4. The lowest BCUT2D eigenvalue weighted by Crippen LogP contribution is -2.72. The second-order valence-electron chi connectivity index (χ2n) is 6.57. The number of methoxy groups -OCH3 is 1. The van der Waals surface area contributed by atoms with Crippen LogP contribution in [0, 0.1) is 0 Å². The maximum absolute atomic E-state index is 13.9. The number of aliphatic hydroxyl groups is 1. The lowest BCUT2D eigenvalue weighted by atomic mass is 9.88. The Morgan fingerprint density at radius 2 is 1.12 bits per heavy atom. The van der Waals surface area contributed by atoms with Crippen molar-refractivity contribution in [3.8, 4) is 5.75 Å². The van der Waals surface area contributed by atoms with Crippen molar-refractivity contribution < 1.29 is 75.7 Å². The maximum Gasteiger partial charge on any atom is 0.460 e. The van der Waals surface area contributed by atoms with E-state index < -0.39 is 59.8 Å². The number of rotatable bonds is 9. The summed E-state index contributed by atoms with van der Waals surface area (Å²) >= 11 is 0. The summed E-state index contributed by atoms with van der Waals surface area (Å²) in [6.45, 7) is 0. The molecule has 192 valence electrons. The van der Waals surface area contributed by atoms with Crippen LogP contribution < -0.4 is 4.74 Å². The Balaban J connectivity index is 3.44. The molecule has 0 heterocycles. The quantitative estimate of drug-likeness (QED) is 0.378. The van der Waals surface area contributed by atoms with Crippen molar-refractivity contribution in [2.45, 2.75) is 54.2 Å². The number of hydrogen-bond donors (Lipinski definition) is 1. The van der Waals surface area contributed by atoms with Crippen LogP contribution in [0.5, 0.6) is 5.75 Å². The number of benzene rings is 1. The summed E-state index contributed by atoms with van der Waals surface area (Å²) in [4.78, 5) is 0. The van der Waals surface area contributed by atoms with Gasteiger partial charge in [0.15, 0.2) is 0 Å². The Hall–Kier alpha value is -2.07. The second kappa shape index (κ2) is 8.30. The average molecular weight is 520 g/mol. The molecule has 1 unspecified atom stereocenters. The lowest BCUT2D eigenvalue weighted by molar-refractivity contribution is -0.453. The van der Waals surface area contributed by atoms with Gasteiger partial charge in [0.25, 0.3) is 0 Å². The molecule has 1 atom stereocenters. The maximum atomic E-state index is 13.9. The summed E-state index contributed by atoms with van der Waals surface area (Å²) < 4.78 is 202. The minimum absolute atomic E-state index is 0.201. The number of alkyl halides is 15. The van der Waals surface area contributed by atoms with E-state index in [1.807, 2.05) is 0 Å². The van der Waals surface area contributed by atoms with Crippen molar-refractivity contribution >= 4 is 0 Å². The molecule has 0 saturated carbocycles. The van der Waals surface area contributed by atoms with E-state index in [9.17, 15) is 71.0 Å². The van der Waals surface area contributed by atoms with Gasteiger partial charge >= 0.3 is 41.7 Å². The van der Waals surface area contributed by atoms with Gasteiger partial charge in [-0.3, -0.25) is 0 Å². The van der Waals surface area contributed by atoms with Crippen molar-refractivity contribution in [1.29, 1.82) is 0 Å². The largest absolute Gasteiger partial charge is 0.497 e. The zero-order chi connectivity index (χ0) is 26.5. The fraction of sp³-hybridized carbons (Fsp3) is 0.625. The van der Waals surface area contributed by atoms with Gasteiger partial charge in [-0.25, -0.2) is 0 Å². The lowest BCUT2D eigenvalue weighted by Gasteiger charge is -2.41. The molecule has 0 aliphatic rings. The zero-order valence-electron chi connectivity index (χ0n) is 15.6. The summed E-state index contributed by atoms with van der Waals surface area (Å²) in [6.07, 6.45) is -13.4. The normalized spacial score (nSPS) is 16.0. The predicted octanol–water partition coefficient (Wildman–Crippen LogP) is 6.49. The Bertz CT molecular complexity index is 831. The summed E-state index contributed by atoms with van der Waals surface area (Å²) in [5.41, 5.74) is -0.742. The minimum atomic E-state index is -8.35. The Labute approximate surface area is 173 Å². The first-order valence-electron chi connectivity index (χ1n) is 8.08. The molecule has 2 nitrogen and oxygen atoms in total. The molecule has 0 bridgehead atoms. The predicted molar refractivity (Wildman–Crippen MR) is 78.3 cm³/mol. The van der Waals surface area contributed by atoms with Gasteiger partial charge in [-0.2, -0.15) is 65.9 Å². The molecule has 17 heteroatoms. The van der Waals surface area contributed by atoms with Crippen LogP contribution in [0.4, 0.5) is 65.9 Å². The molecule has 1 N–H and O–H groups in total. The minimum Gasteiger partial charge on any atom is -0.497 e. The van der Waals surface area contributed by atoms with Gasteiger partial charge in [0, 0.05) is 6.42 Å². The van der Waals surface area contributed by atoms with E-state index in [-0.39, 0.29) is 5.75 Å². The van der Waals surface area contributed by atoms with E-state index in [1.54, 1.807) is 0 Å². The molecule has 0 radical (unpaired) electrons. The highest BCUT2D eigenvalue weighted by molar-refractivity contribution is 5.30. The fourth-order valence-electron chi connectivity index (χ4n) is 2.34. The van der Waals surface area contributed by atoms with E-state index in [4.69, 9.17) is 0 Å². The number of aliphatic hydroxyl groups excluding tert-OH is 1. The number of hydrogen-bond acceptors (Lipinski definition) is 2. The van der Waals surface area contributed by atoms with Crippen LogP contribution in [-0.2, 0) is 0 Å². The van der Waals surface area contributed by atoms with Crippen LogP contribution >= 0.6 is 0 Å². The van der Waals surface area contributed by atoms with Crippen molar-refractivity contribution in [2.24, 2.45) is 0 Å². The molecule has 0 fully saturated rings. The van der Waals surface area contributed by atoms with Crippen molar-refractivity contribution in [2.75, 3.05) is 7.11 Å². The van der Waals surface area contributed by atoms with Crippen LogP contribution in [0.15, 0.2) is 24.3 Å². The van der Waals surface area contributed by atoms with Gasteiger partial charge in [-0.1, -0.05) is 12.1 Å². The Morgan fingerprint density at radius 1 is 0.697 bits per heavy atom. The van der Waals surface area contributed by atoms with Gasteiger partial charge in [0.1, 0.15) is 5.75 Å². The van der Waals surface area contributed by atoms with Gasteiger partial charge < -0.3 is 9.84 Å². The molecular formula is C16H11F15O2. The second-order valence-corrected chi connectivity index (χ2v) is 6.57. The molecule has 0 spiro atoms. The number of ether oxygens (including phenoxy) is 1. The SMILES string of the molecule is COc1cccc(C(O)CC(F)(F)C(F)(F)C(F)(F)C(F)(F)C(F)(F)C(F)(F)C(F)(F)F)c1. The van der Waals surface area contributed by atoms with Crippen molar-refractivity contribution in [3.05, 3.63) is 29.8 Å². The highest BCUT2D eigenvalue weighted by Gasteiger charge is 2.93. The van der Waals surface area contributed by atoms with Crippen molar-refractivity contribution in [1.82, 2.24) is 0 Å². The molecule has 0 amide bonds. The van der Waals surface area contributed by atoms with Crippen LogP contribution in [-0.4, -0.2) is 53.9 Å². The average Bonchev–Trinajstić information content (AvgIpc) is 2.65. The summed E-state index contributed by atoms with van der Waals surface area (Å²) in [5, 5.41) is 9.59. The molecule has 1 aromatic rings. The van der Waals surface area contributed by atoms with Crippen LogP contribution in [0.1, 0.15) is 18.1 Å². The zero-order valence-corrected chi connectivity index (χ0v) is 15.6. The third-order valence-corrected chi connectivity index (χ3v) is 4.32. The van der Waals surface area contributed by atoms with Gasteiger partial charge in [0.05, 0.1) is 13.2 Å². The van der Waals surface area contributed by atoms with Crippen LogP contribution in [0.2, 0.25) is 0 Å². The van der Waals surface area contributed by atoms with E-state index >= 15 is 0 Å². The molecular weight excluding hydrogens is 509 g/mol. The number of halogens is 15. The van der Waals surface area contributed by atoms with E-state index in [0.29, 0.717) is 6.07 Å². The third-order valence-electron chi connectivity index (χ3n) is 4.32. The fourth-order valence-corrected chi connectivity index (χ4v) is 2.34. The third kappa shape index (κ3) is 4.39. The molecule has 0 saturated heterocycles.